The lowest BCUT2D eigenvalue weighted by molar-refractivity contribution is 0.307. The number of hydrogen-bond donors (Lipinski definition) is 0. The van der Waals surface area contributed by atoms with Gasteiger partial charge in [-0.2, -0.15) is 0 Å². The van der Waals surface area contributed by atoms with E-state index in [2.05, 4.69) is 85.3 Å². The standard InChI is InChI=1S/C22H21NO/c1-16(2)23-12-11-20-13-17(7-10-22(20)23)15-24-21-9-8-18-5-3-4-6-19(18)14-21/h3-14,16H,15H2,1-2H3. The van der Waals surface area contributed by atoms with Gasteiger partial charge in [0.1, 0.15) is 12.4 Å². The first kappa shape index (κ1) is 14.8. The number of rotatable bonds is 4. The first-order chi connectivity index (χ1) is 11.7. The van der Waals surface area contributed by atoms with E-state index in [1.165, 1.54) is 27.2 Å². The summed E-state index contributed by atoms with van der Waals surface area (Å²) in [6.07, 6.45) is 2.16. The van der Waals surface area contributed by atoms with Crippen LogP contribution in [0.4, 0.5) is 0 Å². The van der Waals surface area contributed by atoms with E-state index in [1.54, 1.807) is 0 Å². The highest BCUT2D eigenvalue weighted by atomic mass is 16.5. The summed E-state index contributed by atoms with van der Waals surface area (Å²) in [5, 5.41) is 3.71. The van der Waals surface area contributed by atoms with Crippen LogP contribution in [0.1, 0.15) is 25.5 Å². The Morgan fingerprint density at radius 1 is 0.833 bits per heavy atom. The Kier molecular flexibility index (Phi) is 3.73. The minimum Gasteiger partial charge on any atom is -0.489 e. The van der Waals surface area contributed by atoms with Crippen molar-refractivity contribution in [3.05, 3.63) is 78.5 Å². The Hall–Kier alpha value is -2.74. The van der Waals surface area contributed by atoms with Crippen molar-refractivity contribution in [2.24, 2.45) is 0 Å². The molecule has 1 heterocycles. The zero-order valence-corrected chi connectivity index (χ0v) is 14.1. The minimum absolute atomic E-state index is 0.474. The SMILES string of the molecule is CC(C)n1ccc2cc(COc3ccc4ccccc4c3)ccc21. The van der Waals surface area contributed by atoms with Crippen molar-refractivity contribution in [1.29, 1.82) is 0 Å². The summed E-state index contributed by atoms with van der Waals surface area (Å²) >= 11 is 0. The van der Waals surface area contributed by atoms with E-state index >= 15 is 0 Å². The molecule has 0 N–H and O–H groups in total. The van der Waals surface area contributed by atoms with E-state index in [9.17, 15) is 0 Å². The maximum Gasteiger partial charge on any atom is 0.120 e. The second-order valence-corrected chi connectivity index (χ2v) is 6.51. The van der Waals surface area contributed by atoms with Crippen LogP contribution < -0.4 is 4.74 Å². The summed E-state index contributed by atoms with van der Waals surface area (Å²) in [5.74, 6) is 0.911. The molecule has 1 aromatic heterocycles. The third-order valence-corrected chi connectivity index (χ3v) is 4.47. The number of nitrogens with zero attached hydrogens (tertiary/aromatic N) is 1. The Labute approximate surface area is 142 Å². The number of benzene rings is 3. The van der Waals surface area contributed by atoms with Crippen LogP contribution in [-0.2, 0) is 6.61 Å². The summed E-state index contributed by atoms with van der Waals surface area (Å²) in [6.45, 7) is 4.99. The first-order valence-corrected chi connectivity index (χ1v) is 8.42. The number of hydrogen-bond acceptors (Lipinski definition) is 1. The highest BCUT2D eigenvalue weighted by Crippen LogP contribution is 2.24. The molecule has 0 aliphatic heterocycles. The molecule has 0 bridgehead atoms. The lowest BCUT2D eigenvalue weighted by atomic mass is 10.1. The van der Waals surface area contributed by atoms with Crippen LogP contribution in [0.5, 0.6) is 5.75 Å². The second kappa shape index (κ2) is 6.04. The van der Waals surface area contributed by atoms with Gasteiger partial charge in [-0.15, -0.1) is 0 Å². The van der Waals surface area contributed by atoms with Crippen molar-refractivity contribution in [1.82, 2.24) is 4.57 Å². The van der Waals surface area contributed by atoms with Gasteiger partial charge in [0.15, 0.2) is 0 Å². The minimum atomic E-state index is 0.474. The normalized spacial score (nSPS) is 11.5. The van der Waals surface area contributed by atoms with Crippen LogP contribution in [0.2, 0.25) is 0 Å². The molecule has 0 spiro atoms. The molecule has 0 unspecified atom stereocenters. The third-order valence-electron chi connectivity index (χ3n) is 4.47. The fourth-order valence-electron chi connectivity index (χ4n) is 3.18. The Morgan fingerprint density at radius 3 is 2.50 bits per heavy atom. The van der Waals surface area contributed by atoms with E-state index in [-0.39, 0.29) is 0 Å². The summed E-state index contributed by atoms with van der Waals surface area (Å²) in [5.41, 5.74) is 2.47. The van der Waals surface area contributed by atoms with Gasteiger partial charge in [0.2, 0.25) is 0 Å². The lowest BCUT2D eigenvalue weighted by Crippen LogP contribution is -1.99. The molecule has 0 radical (unpaired) electrons. The molecule has 120 valence electrons. The van der Waals surface area contributed by atoms with Gasteiger partial charge in [0.25, 0.3) is 0 Å². The van der Waals surface area contributed by atoms with Gasteiger partial charge in [-0.25, -0.2) is 0 Å². The molecule has 0 amide bonds. The van der Waals surface area contributed by atoms with Crippen LogP contribution in [-0.4, -0.2) is 4.57 Å². The molecular formula is C22H21NO. The summed E-state index contributed by atoms with van der Waals surface area (Å²) < 4.78 is 8.29. The fraction of sp³-hybridized carbons (Fsp3) is 0.182. The highest BCUT2D eigenvalue weighted by molar-refractivity contribution is 5.83. The van der Waals surface area contributed by atoms with E-state index in [1.807, 2.05) is 6.07 Å². The molecule has 0 saturated heterocycles. The van der Waals surface area contributed by atoms with Crippen molar-refractivity contribution < 1.29 is 4.74 Å². The average molecular weight is 315 g/mol. The quantitative estimate of drug-likeness (QED) is 0.453. The van der Waals surface area contributed by atoms with Crippen molar-refractivity contribution in [3.63, 3.8) is 0 Å². The number of aromatic nitrogens is 1. The fourth-order valence-corrected chi connectivity index (χ4v) is 3.18. The molecule has 2 heteroatoms. The molecule has 0 saturated carbocycles. The summed E-state index contributed by atoms with van der Waals surface area (Å²) in [6, 6.07) is 23.8. The van der Waals surface area contributed by atoms with E-state index in [0.29, 0.717) is 12.6 Å². The molecule has 2 nitrogen and oxygen atoms in total. The Balaban J connectivity index is 1.55. The molecular weight excluding hydrogens is 294 g/mol. The molecule has 0 aliphatic carbocycles. The van der Waals surface area contributed by atoms with Crippen LogP contribution in [0.25, 0.3) is 21.7 Å². The van der Waals surface area contributed by atoms with Crippen molar-refractivity contribution in [2.75, 3.05) is 0 Å². The summed E-state index contributed by atoms with van der Waals surface area (Å²) in [7, 11) is 0. The topological polar surface area (TPSA) is 14.2 Å². The number of fused-ring (bicyclic) bond motifs is 2. The first-order valence-electron chi connectivity index (χ1n) is 8.42. The summed E-state index contributed by atoms with van der Waals surface area (Å²) in [4.78, 5) is 0. The lowest BCUT2D eigenvalue weighted by Gasteiger charge is -2.10. The third kappa shape index (κ3) is 2.76. The average Bonchev–Trinajstić information content (AvgIpc) is 3.03. The van der Waals surface area contributed by atoms with Crippen molar-refractivity contribution in [3.8, 4) is 5.75 Å². The molecule has 0 aliphatic rings. The van der Waals surface area contributed by atoms with E-state index in [4.69, 9.17) is 4.74 Å². The van der Waals surface area contributed by atoms with Gasteiger partial charge in [-0.3, -0.25) is 0 Å². The zero-order valence-electron chi connectivity index (χ0n) is 14.1. The number of ether oxygens (including phenoxy) is 1. The van der Waals surface area contributed by atoms with Crippen molar-refractivity contribution in [2.45, 2.75) is 26.5 Å². The molecule has 3 aromatic carbocycles. The van der Waals surface area contributed by atoms with Gasteiger partial charge < -0.3 is 9.30 Å². The van der Waals surface area contributed by atoms with Gasteiger partial charge >= 0.3 is 0 Å². The zero-order chi connectivity index (χ0) is 16.5. The van der Waals surface area contributed by atoms with Gasteiger partial charge in [-0.1, -0.05) is 36.4 Å². The van der Waals surface area contributed by atoms with Crippen LogP contribution in [0.15, 0.2) is 72.9 Å². The van der Waals surface area contributed by atoms with Crippen LogP contribution in [0, 0.1) is 0 Å². The Morgan fingerprint density at radius 2 is 1.67 bits per heavy atom. The predicted octanol–water partition coefficient (Wildman–Crippen LogP) is 5.95. The maximum atomic E-state index is 6.00. The molecule has 4 rings (SSSR count). The van der Waals surface area contributed by atoms with E-state index < -0.39 is 0 Å². The van der Waals surface area contributed by atoms with Crippen LogP contribution in [0.3, 0.4) is 0 Å². The molecule has 0 atom stereocenters. The molecule has 0 fully saturated rings. The van der Waals surface area contributed by atoms with Crippen LogP contribution >= 0.6 is 0 Å². The molecule has 24 heavy (non-hydrogen) atoms. The molecule has 4 aromatic rings. The van der Waals surface area contributed by atoms with Crippen molar-refractivity contribution >= 4 is 21.7 Å². The van der Waals surface area contributed by atoms with Gasteiger partial charge in [0, 0.05) is 17.8 Å². The smallest absolute Gasteiger partial charge is 0.120 e. The maximum absolute atomic E-state index is 6.00. The van der Waals surface area contributed by atoms with Gasteiger partial charge in [-0.05, 0) is 65.9 Å². The largest absolute Gasteiger partial charge is 0.489 e. The highest BCUT2D eigenvalue weighted by Gasteiger charge is 2.05. The predicted molar refractivity (Wildman–Crippen MR) is 101 cm³/mol. The monoisotopic (exact) mass is 315 g/mol. The van der Waals surface area contributed by atoms with Gasteiger partial charge in [0.05, 0.1) is 0 Å². The Bertz CT molecular complexity index is 997. The second-order valence-electron chi connectivity index (χ2n) is 6.51. The van der Waals surface area contributed by atoms with E-state index in [0.717, 1.165) is 5.75 Å².